The third-order valence-electron chi connectivity index (χ3n) is 3.03. The van der Waals surface area contributed by atoms with Crippen molar-refractivity contribution in [3.05, 3.63) is 28.5 Å². The molecule has 1 fully saturated rings. The summed E-state index contributed by atoms with van der Waals surface area (Å²) in [5, 5.41) is 8.42. The van der Waals surface area contributed by atoms with Gasteiger partial charge in [0.25, 0.3) is 0 Å². The average molecular weight is 250 g/mol. The molecule has 1 aliphatic heterocycles. The number of rotatable bonds is 3. The van der Waals surface area contributed by atoms with Crippen molar-refractivity contribution in [2.24, 2.45) is 0 Å². The minimum Gasteiger partial charge on any atom is -0.348 e. The zero-order valence-electron chi connectivity index (χ0n) is 9.98. The van der Waals surface area contributed by atoms with Gasteiger partial charge in [0.2, 0.25) is 5.91 Å². The molecule has 4 heteroatoms. The highest BCUT2D eigenvalue weighted by Gasteiger charge is 2.21. The third-order valence-corrected chi connectivity index (χ3v) is 3.87. The van der Waals surface area contributed by atoms with Crippen LogP contribution in [0.25, 0.3) is 6.08 Å². The van der Waals surface area contributed by atoms with Crippen LogP contribution in [0, 0.1) is 0 Å². The first kappa shape index (κ1) is 12.3. The van der Waals surface area contributed by atoms with Crippen molar-refractivity contribution in [2.45, 2.75) is 31.8 Å². The maximum atomic E-state index is 11.7. The topological polar surface area (TPSA) is 41.1 Å². The second-order valence-electron chi connectivity index (χ2n) is 4.35. The molecule has 0 aliphatic carbocycles. The molecule has 1 aliphatic rings. The molecule has 92 valence electrons. The average Bonchev–Trinajstić information content (AvgIpc) is 2.82. The molecule has 1 amide bonds. The van der Waals surface area contributed by atoms with Gasteiger partial charge in [0.15, 0.2) is 0 Å². The van der Waals surface area contributed by atoms with Gasteiger partial charge < -0.3 is 10.6 Å². The summed E-state index contributed by atoms with van der Waals surface area (Å²) in [6.45, 7) is 3.17. The first-order chi connectivity index (χ1) is 8.25. The van der Waals surface area contributed by atoms with Crippen LogP contribution in [-0.4, -0.2) is 24.5 Å². The van der Waals surface area contributed by atoms with E-state index in [2.05, 4.69) is 17.6 Å². The Labute approximate surface area is 106 Å². The van der Waals surface area contributed by atoms with Crippen LogP contribution < -0.4 is 10.6 Å². The Kier molecular flexibility index (Phi) is 4.34. The van der Waals surface area contributed by atoms with Crippen LogP contribution >= 0.6 is 11.3 Å². The third kappa shape index (κ3) is 3.68. The fourth-order valence-electron chi connectivity index (χ4n) is 2.02. The molecule has 0 radical (unpaired) electrons. The van der Waals surface area contributed by atoms with Crippen LogP contribution in [-0.2, 0) is 4.79 Å². The van der Waals surface area contributed by atoms with Crippen LogP contribution in [0.1, 0.15) is 24.6 Å². The lowest BCUT2D eigenvalue weighted by Crippen LogP contribution is -2.51. The Morgan fingerprint density at radius 1 is 1.65 bits per heavy atom. The van der Waals surface area contributed by atoms with Crippen LogP contribution in [0.2, 0.25) is 0 Å². The van der Waals surface area contributed by atoms with Gasteiger partial charge in [-0.25, -0.2) is 0 Å². The van der Waals surface area contributed by atoms with Gasteiger partial charge in [-0.2, -0.15) is 0 Å². The summed E-state index contributed by atoms with van der Waals surface area (Å²) >= 11 is 1.63. The van der Waals surface area contributed by atoms with E-state index in [1.54, 1.807) is 17.4 Å². The molecular formula is C13H18N2OS. The van der Waals surface area contributed by atoms with Crippen molar-refractivity contribution in [2.75, 3.05) is 6.54 Å². The fraction of sp³-hybridized carbons (Fsp3) is 0.462. The maximum absolute atomic E-state index is 11.7. The van der Waals surface area contributed by atoms with Gasteiger partial charge in [-0.3, -0.25) is 4.79 Å². The minimum atomic E-state index is -0.000972. The van der Waals surface area contributed by atoms with Crippen molar-refractivity contribution in [1.82, 2.24) is 10.6 Å². The minimum absolute atomic E-state index is 0.000972. The van der Waals surface area contributed by atoms with E-state index in [1.807, 2.05) is 23.6 Å². The van der Waals surface area contributed by atoms with E-state index in [9.17, 15) is 4.79 Å². The first-order valence-corrected chi connectivity index (χ1v) is 6.89. The maximum Gasteiger partial charge on any atom is 0.244 e. The van der Waals surface area contributed by atoms with Gasteiger partial charge >= 0.3 is 0 Å². The summed E-state index contributed by atoms with van der Waals surface area (Å²) in [5.74, 6) is -0.000972. The summed E-state index contributed by atoms with van der Waals surface area (Å²) in [5.41, 5.74) is 0. The van der Waals surface area contributed by atoms with Crippen LogP contribution in [0.3, 0.4) is 0 Å². The zero-order chi connectivity index (χ0) is 12.1. The van der Waals surface area contributed by atoms with E-state index in [-0.39, 0.29) is 11.9 Å². The molecule has 0 bridgehead atoms. The molecule has 1 saturated heterocycles. The van der Waals surface area contributed by atoms with Gasteiger partial charge in [0.1, 0.15) is 0 Å². The SMILES string of the molecule is CC1NCCCC1NC(=O)/C=C/c1cccs1. The predicted molar refractivity (Wildman–Crippen MR) is 72.0 cm³/mol. The summed E-state index contributed by atoms with van der Waals surface area (Å²) in [4.78, 5) is 12.8. The number of piperidine rings is 1. The van der Waals surface area contributed by atoms with Crippen molar-refractivity contribution in [3.63, 3.8) is 0 Å². The lowest BCUT2D eigenvalue weighted by atomic mass is 10.00. The lowest BCUT2D eigenvalue weighted by Gasteiger charge is -2.30. The smallest absolute Gasteiger partial charge is 0.244 e. The van der Waals surface area contributed by atoms with Crippen molar-refractivity contribution in [1.29, 1.82) is 0 Å². The van der Waals surface area contributed by atoms with E-state index >= 15 is 0 Å². The number of thiophene rings is 1. The van der Waals surface area contributed by atoms with Gasteiger partial charge in [-0.15, -0.1) is 11.3 Å². The van der Waals surface area contributed by atoms with Crippen molar-refractivity contribution >= 4 is 23.3 Å². The highest BCUT2D eigenvalue weighted by Crippen LogP contribution is 2.11. The Hall–Kier alpha value is -1.13. The fourth-order valence-corrected chi connectivity index (χ4v) is 2.63. The molecule has 3 nitrogen and oxygen atoms in total. The van der Waals surface area contributed by atoms with E-state index < -0.39 is 0 Å². The summed E-state index contributed by atoms with van der Waals surface area (Å²) < 4.78 is 0. The molecule has 2 heterocycles. The molecule has 0 spiro atoms. The number of nitrogens with one attached hydrogen (secondary N) is 2. The van der Waals surface area contributed by atoms with Crippen LogP contribution in [0.5, 0.6) is 0 Å². The molecule has 1 aromatic heterocycles. The second kappa shape index (κ2) is 5.98. The van der Waals surface area contributed by atoms with Gasteiger partial charge in [-0.05, 0) is 43.8 Å². The van der Waals surface area contributed by atoms with Crippen molar-refractivity contribution in [3.8, 4) is 0 Å². The molecule has 0 aromatic carbocycles. The summed E-state index contributed by atoms with van der Waals surface area (Å²) in [7, 11) is 0. The largest absolute Gasteiger partial charge is 0.348 e. The Balaban J connectivity index is 1.84. The van der Waals surface area contributed by atoms with E-state index in [4.69, 9.17) is 0 Å². The molecule has 2 atom stereocenters. The highest BCUT2D eigenvalue weighted by molar-refractivity contribution is 7.10. The first-order valence-electron chi connectivity index (χ1n) is 6.01. The van der Waals surface area contributed by atoms with Crippen molar-refractivity contribution < 1.29 is 4.79 Å². The predicted octanol–water partition coefficient (Wildman–Crippen LogP) is 2.02. The standard InChI is InChI=1S/C13H18N2OS/c1-10-12(5-2-8-14-10)15-13(16)7-6-11-4-3-9-17-11/h3-4,6-7,9-10,12,14H,2,5,8H2,1H3,(H,15,16)/b7-6+. The van der Waals surface area contributed by atoms with E-state index in [0.717, 1.165) is 24.3 Å². The molecule has 2 unspecified atom stereocenters. The molecule has 2 rings (SSSR count). The zero-order valence-corrected chi connectivity index (χ0v) is 10.8. The van der Waals surface area contributed by atoms with E-state index in [0.29, 0.717) is 6.04 Å². The number of carbonyl (C=O) groups is 1. The van der Waals surface area contributed by atoms with Gasteiger partial charge in [0, 0.05) is 23.0 Å². The molecule has 2 N–H and O–H groups in total. The molecule has 17 heavy (non-hydrogen) atoms. The summed E-state index contributed by atoms with van der Waals surface area (Å²) in [6.07, 6.45) is 5.67. The molecular weight excluding hydrogens is 232 g/mol. The molecule has 0 saturated carbocycles. The number of hydrogen-bond acceptors (Lipinski definition) is 3. The number of hydrogen-bond donors (Lipinski definition) is 2. The number of carbonyl (C=O) groups excluding carboxylic acids is 1. The van der Waals surface area contributed by atoms with E-state index in [1.165, 1.54) is 0 Å². The number of amides is 1. The van der Waals surface area contributed by atoms with Crippen LogP contribution in [0.15, 0.2) is 23.6 Å². The Morgan fingerprint density at radius 3 is 3.24 bits per heavy atom. The quantitative estimate of drug-likeness (QED) is 0.806. The summed E-state index contributed by atoms with van der Waals surface area (Å²) in [6, 6.07) is 4.60. The molecule has 1 aromatic rings. The Morgan fingerprint density at radius 2 is 2.53 bits per heavy atom. The van der Waals surface area contributed by atoms with Crippen LogP contribution in [0.4, 0.5) is 0 Å². The highest BCUT2D eigenvalue weighted by atomic mass is 32.1. The lowest BCUT2D eigenvalue weighted by molar-refractivity contribution is -0.117. The second-order valence-corrected chi connectivity index (χ2v) is 5.33. The van der Waals surface area contributed by atoms with Gasteiger partial charge in [0.05, 0.1) is 0 Å². The Bertz CT molecular complexity index is 386. The van der Waals surface area contributed by atoms with Gasteiger partial charge in [-0.1, -0.05) is 6.07 Å². The monoisotopic (exact) mass is 250 g/mol. The normalized spacial score (nSPS) is 25.0.